The number of terminal acetylenes is 1. The van der Waals surface area contributed by atoms with Gasteiger partial charge in [-0.1, -0.05) is 36.8 Å². The van der Waals surface area contributed by atoms with Crippen LogP contribution in [0.4, 0.5) is 4.79 Å². The number of rotatable bonds is 11. The highest BCUT2D eigenvalue weighted by atomic mass is 16.5. The van der Waals surface area contributed by atoms with Crippen molar-refractivity contribution in [2.24, 2.45) is 5.73 Å². The molecule has 0 saturated heterocycles. The van der Waals surface area contributed by atoms with E-state index in [1.807, 2.05) is 30.3 Å². The molecule has 0 aromatic heterocycles. The molecule has 0 aliphatic carbocycles. The van der Waals surface area contributed by atoms with Crippen LogP contribution in [0.1, 0.15) is 37.7 Å². The number of hydrogen-bond donors (Lipinski definition) is 3. The van der Waals surface area contributed by atoms with Gasteiger partial charge in [0.2, 0.25) is 11.8 Å². The second-order valence-electron chi connectivity index (χ2n) is 5.73. The van der Waals surface area contributed by atoms with Gasteiger partial charge >= 0.3 is 6.09 Å². The summed E-state index contributed by atoms with van der Waals surface area (Å²) in [6, 6.07) is 8.59. The number of benzene rings is 1. The molecule has 1 aromatic carbocycles. The summed E-state index contributed by atoms with van der Waals surface area (Å²) in [5, 5.41) is 5.17. The number of nitrogens with one attached hydrogen (secondary N) is 2. The van der Waals surface area contributed by atoms with E-state index in [0.29, 0.717) is 13.0 Å². The Morgan fingerprint density at radius 2 is 1.88 bits per heavy atom. The fourth-order valence-electron chi connectivity index (χ4n) is 2.16. The molecule has 26 heavy (non-hydrogen) atoms. The highest BCUT2D eigenvalue weighted by molar-refractivity contribution is 5.86. The summed E-state index contributed by atoms with van der Waals surface area (Å²) in [5.41, 5.74) is 6.08. The summed E-state index contributed by atoms with van der Waals surface area (Å²) < 4.78 is 5.09. The molecule has 0 radical (unpaired) electrons. The number of primary amides is 1. The van der Waals surface area contributed by atoms with E-state index >= 15 is 0 Å². The van der Waals surface area contributed by atoms with Gasteiger partial charge in [-0.05, 0) is 18.4 Å². The fraction of sp³-hybridized carbons (Fsp3) is 0.421. The molecule has 0 aliphatic heterocycles. The van der Waals surface area contributed by atoms with Crippen LogP contribution in [0, 0.1) is 12.3 Å². The maximum Gasteiger partial charge on any atom is 0.407 e. The third-order valence-electron chi connectivity index (χ3n) is 3.56. The van der Waals surface area contributed by atoms with Gasteiger partial charge in [0, 0.05) is 19.4 Å². The van der Waals surface area contributed by atoms with Gasteiger partial charge in [-0.15, -0.1) is 12.3 Å². The minimum atomic E-state index is -0.825. The highest BCUT2D eigenvalue weighted by Gasteiger charge is 2.16. The van der Waals surface area contributed by atoms with Crippen LogP contribution < -0.4 is 16.4 Å². The van der Waals surface area contributed by atoms with Crippen LogP contribution >= 0.6 is 0 Å². The molecule has 0 saturated carbocycles. The molecule has 7 nitrogen and oxygen atoms in total. The van der Waals surface area contributed by atoms with E-state index in [1.54, 1.807) is 0 Å². The van der Waals surface area contributed by atoms with Gasteiger partial charge in [-0.2, -0.15) is 0 Å². The summed E-state index contributed by atoms with van der Waals surface area (Å²) in [6.45, 7) is 0.696. The van der Waals surface area contributed by atoms with Crippen molar-refractivity contribution in [3.63, 3.8) is 0 Å². The normalized spacial score (nSPS) is 11.0. The van der Waals surface area contributed by atoms with Crippen LogP contribution in [0.5, 0.6) is 0 Å². The van der Waals surface area contributed by atoms with E-state index in [9.17, 15) is 14.4 Å². The van der Waals surface area contributed by atoms with Crippen LogP contribution in [0.15, 0.2) is 30.3 Å². The van der Waals surface area contributed by atoms with Crippen LogP contribution in [0.25, 0.3) is 0 Å². The van der Waals surface area contributed by atoms with Crippen LogP contribution in [-0.2, 0) is 20.9 Å². The molecule has 0 spiro atoms. The van der Waals surface area contributed by atoms with Gasteiger partial charge in [0.1, 0.15) is 12.6 Å². The largest absolute Gasteiger partial charge is 0.445 e. The summed E-state index contributed by atoms with van der Waals surface area (Å²) in [7, 11) is 0. The summed E-state index contributed by atoms with van der Waals surface area (Å²) >= 11 is 0. The zero-order chi connectivity index (χ0) is 19.2. The van der Waals surface area contributed by atoms with Gasteiger partial charge < -0.3 is 21.1 Å². The lowest BCUT2D eigenvalue weighted by atomic mass is 10.1. The van der Waals surface area contributed by atoms with Crippen molar-refractivity contribution in [2.45, 2.75) is 44.8 Å². The maximum atomic E-state index is 11.7. The Kier molecular flexibility index (Phi) is 10.0. The van der Waals surface area contributed by atoms with Crippen LogP contribution in [0.3, 0.4) is 0 Å². The van der Waals surface area contributed by atoms with Gasteiger partial charge in [0.05, 0.1) is 0 Å². The third-order valence-corrected chi connectivity index (χ3v) is 3.56. The van der Waals surface area contributed by atoms with Crippen molar-refractivity contribution in [3.05, 3.63) is 35.9 Å². The lowest BCUT2D eigenvalue weighted by molar-refractivity contribution is -0.127. The Morgan fingerprint density at radius 1 is 1.15 bits per heavy atom. The molecule has 0 aliphatic rings. The highest BCUT2D eigenvalue weighted by Crippen LogP contribution is 2.02. The molecule has 0 bridgehead atoms. The summed E-state index contributed by atoms with van der Waals surface area (Å²) in [6.07, 6.45) is 7.11. The number of alkyl carbamates (subject to hydrolysis) is 1. The summed E-state index contributed by atoms with van der Waals surface area (Å²) in [4.78, 5) is 34.4. The van der Waals surface area contributed by atoms with Crippen molar-refractivity contribution >= 4 is 17.9 Å². The monoisotopic (exact) mass is 359 g/mol. The molecule has 1 atom stereocenters. The number of unbranched alkanes of at least 4 members (excludes halogenated alkanes) is 2. The van der Waals surface area contributed by atoms with Gasteiger partial charge in [0.25, 0.3) is 0 Å². The van der Waals surface area contributed by atoms with E-state index in [0.717, 1.165) is 18.4 Å². The molecule has 4 N–H and O–H groups in total. The molecule has 0 heterocycles. The smallest absolute Gasteiger partial charge is 0.407 e. The average Bonchev–Trinajstić information content (AvgIpc) is 2.63. The van der Waals surface area contributed by atoms with E-state index in [-0.39, 0.29) is 25.4 Å². The number of nitrogens with two attached hydrogens (primary N) is 1. The standard InChI is InChI=1S/C19H25N3O4/c1-2-9-16(18(20)24)22-17(23)12-7-4-8-13-21-19(25)26-14-15-10-5-3-6-11-15/h1,3,5-6,10-11,16H,4,7-9,12-14H2,(H2,20,24)(H,21,25)(H,22,23)/t16-/m0/s1. The first kappa shape index (κ1) is 21.0. The second-order valence-corrected chi connectivity index (χ2v) is 5.73. The Labute approximate surface area is 153 Å². The number of ether oxygens (including phenoxy) is 1. The zero-order valence-electron chi connectivity index (χ0n) is 14.7. The molecular weight excluding hydrogens is 334 g/mol. The predicted molar refractivity (Wildman–Crippen MR) is 97.7 cm³/mol. The molecule has 0 unspecified atom stereocenters. The second kappa shape index (κ2) is 12.4. The van der Waals surface area contributed by atoms with Crippen molar-refractivity contribution in [3.8, 4) is 12.3 Å². The van der Waals surface area contributed by atoms with E-state index < -0.39 is 18.0 Å². The van der Waals surface area contributed by atoms with Crippen molar-refractivity contribution in [1.82, 2.24) is 10.6 Å². The topological polar surface area (TPSA) is 111 Å². The SMILES string of the molecule is C#CC[C@H](NC(=O)CCCCCNC(=O)OCc1ccccc1)C(N)=O. The summed E-state index contributed by atoms with van der Waals surface area (Å²) in [5.74, 6) is 1.39. The quantitative estimate of drug-likeness (QED) is 0.410. The van der Waals surface area contributed by atoms with E-state index in [4.69, 9.17) is 16.9 Å². The Balaban J connectivity index is 2.06. The molecule has 1 aromatic rings. The lowest BCUT2D eigenvalue weighted by Crippen LogP contribution is -2.44. The molecule has 3 amide bonds. The fourth-order valence-corrected chi connectivity index (χ4v) is 2.16. The zero-order valence-corrected chi connectivity index (χ0v) is 14.7. The Bertz CT molecular complexity index is 625. The predicted octanol–water partition coefficient (Wildman–Crippen LogP) is 1.47. The molecule has 7 heteroatoms. The number of amides is 3. The van der Waals surface area contributed by atoms with Gasteiger partial charge in [-0.25, -0.2) is 4.79 Å². The van der Waals surface area contributed by atoms with Gasteiger partial charge in [0.15, 0.2) is 0 Å². The average molecular weight is 359 g/mol. The molecule has 1 rings (SSSR count). The van der Waals surface area contributed by atoms with Gasteiger partial charge in [-0.3, -0.25) is 9.59 Å². The Morgan fingerprint density at radius 3 is 2.54 bits per heavy atom. The number of hydrogen-bond acceptors (Lipinski definition) is 4. The van der Waals surface area contributed by atoms with Crippen molar-refractivity contribution in [2.75, 3.05) is 6.54 Å². The first-order valence-electron chi connectivity index (χ1n) is 8.49. The third kappa shape index (κ3) is 9.33. The molecule has 0 fully saturated rings. The first-order valence-corrected chi connectivity index (χ1v) is 8.49. The number of carbonyl (C=O) groups is 3. The Hall–Kier alpha value is -3.01. The minimum Gasteiger partial charge on any atom is -0.445 e. The van der Waals surface area contributed by atoms with Crippen molar-refractivity contribution in [1.29, 1.82) is 0 Å². The minimum absolute atomic E-state index is 0.0795. The van der Waals surface area contributed by atoms with Crippen LogP contribution in [-0.4, -0.2) is 30.5 Å². The maximum absolute atomic E-state index is 11.7. The number of carbonyl (C=O) groups excluding carboxylic acids is 3. The van der Waals surface area contributed by atoms with E-state index in [2.05, 4.69) is 16.6 Å². The van der Waals surface area contributed by atoms with E-state index in [1.165, 1.54) is 0 Å². The first-order chi connectivity index (χ1) is 12.5. The molecular formula is C19H25N3O4. The van der Waals surface area contributed by atoms with Crippen LogP contribution in [0.2, 0.25) is 0 Å². The van der Waals surface area contributed by atoms with Crippen molar-refractivity contribution < 1.29 is 19.1 Å². The lowest BCUT2D eigenvalue weighted by Gasteiger charge is -2.12. The molecule has 140 valence electrons.